The highest BCUT2D eigenvalue weighted by atomic mass is 16.3. The number of hydrogen-bond donors (Lipinski definition) is 0. The number of nitrogens with zero attached hydrogens (tertiary/aromatic N) is 1. The molecule has 0 atom stereocenters. The van der Waals surface area contributed by atoms with Crippen molar-refractivity contribution in [3.63, 3.8) is 0 Å². The quantitative estimate of drug-likeness (QED) is 0.157. The van der Waals surface area contributed by atoms with Gasteiger partial charge in [-0.05, 0) is 114 Å². The second-order valence-corrected chi connectivity index (χ2v) is 15.3. The van der Waals surface area contributed by atoms with Gasteiger partial charge in [-0.15, -0.1) is 0 Å². The van der Waals surface area contributed by atoms with E-state index in [1.807, 2.05) is 120 Å². The Labute approximate surface area is 353 Å². The summed E-state index contributed by atoms with van der Waals surface area (Å²) in [4.78, 5) is 1.92. The zero-order chi connectivity index (χ0) is 43.1. The van der Waals surface area contributed by atoms with Crippen LogP contribution in [0.1, 0.15) is 5.48 Å². The molecule has 0 saturated heterocycles. The number of furan rings is 1. The van der Waals surface area contributed by atoms with E-state index in [9.17, 15) is 5.48 Å². The minimum absolute atomic E-state index is 0.112. The highest BCUT2D eigenvalue weighted by Gasteiger charge is 2.21. The average Bonchev–Trinajstić information content (AvgIpc) is 3.74. The summed E-state index contributed by atoms with van der Waals surface area (Å²) < 4.78 is 46.4. The predicted molar refractivity (Wildman–Crippen MR) is 255 cm³/mol. The van der Waals surface area contributed by atoms with Gasteiger partial charge in [-0.25, -0.2) is 0 Å². The zero-order valence-electron chi connectivity index (χ0n) is 36.4. The van der Waals surface area contributed by atoms with Crippen molar-refractivity contribution in [2.45, 2.75) is 0 Å². The molecule has 280 valence electrons. The molecular formula is C58H37NO. The van der Waals surface area contributed by atoms with Crippen LogP contribution < -0.4 is 4.90 Å². The molecule has 2 nitrogen and oxygen atoms in total. The highest BCUT2D eigenvalue weighted by molar-refractivity contribution is 6.22. The molecule has 0 aliphatic carbocycles. The Kier molecular flexibility index (Phi) is 6.98. The lowest BCUT2D eigenvalue weighted by molar-refractivity contribution is 0.669. The maximum atomic E-state index is 10.1. The van der Waals surface area contributed by atoms with E-state index in [0.29, 0.717) is 11.3 Å². The topological polar surface area (TPSA) is 16.4 Å². The third-order valence-electron chi connectivity index (χ3n) is 11.9. The van der Waals surface area contributed by atoms with Gasteiger partial charge in [-0.1, -0.05) is 182 Å². The summed E-state index contributed by atoms with van der Waals surface area (Å²) in [5.41, 5.74) is 8.01. The van der Waals surface area contributed by atoms with Crippen LogP contribution in [-0.4, -0.2) is 0 Å². The van der Waals surface area contributed by atoms with Crippen LogP contribution in [0.3, 0.4) is 0 Å². The first kappa shape index (κ1) is 30.2. The van der Waals surface area contributed by atoms with Crippen LogP contribution >= 0.6 is 0 Å². The van der Waals surface area contributed by atoms with Gasteiger partial charge in [-0.2, -0.15) is 0 Å². The molecule has 0 amide bonds. The standard InChI is InChI=1S/C58H37NO/c1-2-15-39(16-3-1)56-50-23-10-7-20-47(50)48-21-8-11-24-51(48)57(56)40-31-35-43(36-32-40)59(53-37-41-17-4-5-18-44(41)46-19-6-9-22-49(46)53)42-33-29-38(30-34-42)45-26-14-28-55-58(45)52-25-12-13-27-54(52)60-55/h1-37H/i31D,32D,35D,36D. The fourth-order valence-electron chi connectivity index (χ4n) is 9.26. The minimum atomic E-state index is -0.136. The zero-order valence-corrected chi connectivity index (χ0v) is 32.4. The van der Waals surface area contributed by atoms with E-state index in [1.54, 1.807) is 0 Å². The maximum absolute atomic E-state index is 10.1. The van der Waals surface area contributed by atoms with E-state index >= 15 is 0 Å². The van der Waals surface area contributed by atoms with E-state index in [4.69, 9.17) is 4.42 Å². The van der Waals surface area contributed by atoms with Crippen molar-refractivity contribution in [1.29, 1.82) is 0 Å². The van der Waals surface area contributed by atoms with Crippen molar-refractivity contribution in [2.75, 3.05) is 4.90 Å². The molecule has 12 rings (SSSR count). The van der Waals surface area contributed by atoms with Gasteiger partial charge in [0.05, 0.1) is 11.2 Å². The molecule has 1 heterocycles. The van der Waals surface area contributed by atoms with Crippen molar-refractivity contribution in [2.24, 2.45) is 0 Å². The number of benzene rings is 11. The predicted octanol–water partition coefficient (Wildman–Crippen LogP) is 16.7. The van der Waals surface area contributed by atoms with E-state index in [2.05, 4.69) is 84.9 Å². The van der Waals surface area contributed by atoms with Gasteiger partial charge < -0.3 is 9.32 Å². The van der Waals surface area contributed by atoms with Crippen molar-refractivity contribution in [1.82, 2.24) is 0 Å². The van der Waals surface area contributed by atoms with Crippen LogP contribution in [0, 0.1) is 0 Å². The number of rotatable bonds is 6. The minimum Gasteiger partial charge on any atom is -0.456 e. The summed E-state index contributed by atoms with van der Waals surface area (Å²) in [5, 5.41) is 10.00. The first-order valence-corrected chi connectivity index (χ1v) is 20.3. The van der Waals surface area contributed by atoms with Gasteiger partial charge in [0.2, 0.25) is 0 Å². The Morgan fingerprint density at radius 2 is 0.883 bits per heavy atom. The summed E-state index contributed by atoms with van der Waals surface area (Å²) in [7, 11) is 0. The molecule has 0 aliphatic heterocycles. The largest absolute Gasteiger partial charge is 0.456 e. The molecule has 0 saturated carbocycles. The molecule has 12 aromatic rings. The fourth-order valence-corrected chi connectivity index (χ4v) is 9.26. The second-order valence-electron chi connectivity index (χ2n) is 15.3. The third kappa shape index (κ3) is 5.42. The monoisotopic (exact) mass is 767 g/mol. The molecule has 11 aromatic carbocycles. The Bertz CT molecular complexity index is 3810. The van der Waals surface area contributed by atoms with Crippen molar-refractivity contribution < 1.29 is 9.90 Å². The first-order valence-electron chi connectivity index (χ1n) is 22.3. The van der Waals surface area contributed by atoms with Crippen LogP contribution in [0.2, 0.25) is 0 Å². The molecule has 0 aliphatic rings. The SMILES string of the molecule is [2H]c1c([2H])c(N(c2ccc(-c3cccc4oc5ccccc5c34)cc2)c2cc3ccccc3c3ccccc23)c([2H])c([2H])c1-c1c(-c2ccccc2)c2ccccc2c2ccccc12. The summed E-state index contributed by atoms with van der Waals surface area (Å²) in [6, 6.07) is 66.9. The van der Waals surface area contributed by atoms with E-state index < -0.39 is 0 Å². The van der Waals surface area contributed by atoms with Crippen molar-refractivity contribution >= 4 is 82.1 Å². The lowest BCUT2D eigenvalue weighted by atomic mass is 9.85. The van der Waals surface area contributed by atoms with Gasteiger partial charge in [0, 0.05) is 27.5 Å². The van der Waals surface area contributed by atoms with Crippen LogP contribution in [-0.2, 0) is 0 Å². The fraction of sp³-hybridized carbons (Fsp3) is 0. The first-order chi connectivity index (χ1) is 31.5. The van der Waals surface area contributed by atoms with E-state index in [-0.39, 0.29) is 35.4 Å². The summed E-state index contributed by atoms with van der Waals surface area (Å²) in [6.45, 7) is 0. The van der Waals surface area contributed by atoms with Gasteiger partial charge >= 0.3 is 0 Å². The van der Waals surface area contributed by atoms with Crippen LogP contribution in [0.4, 0.5) is 17.1 Å². The maximum Gasteiger partial charge on any atom is 0.136 e. The van der Waals surface area contributed by atoms with Gasteiger partial charge in [0.1, 0.15) is 11.2 Å². The smallest absolute Gasteiger partial charge is 0.136 e. The van der Waals surface area contributed by atoms with E-state index in [0.717, 1.165) is 93.0 Å². The molecule has 2 heteroatoms. The Hall–Kier alpha value is -7.94. The van der Waals surface area contributed by atoms with Crippen LogP contribution in [0.25, 0.3) is 98.4 Å². The highest BCUT2D eigenvalue weighted by Crippen LogP contribution is 2.47. The number of anilines is 3. The average molecular weight is 768 g/mol. The van der Waals surface area contributed by atoms with Gasteiger partial charge in [0.25, 0.3) is 0 Å². The molecule has 0 unspecified atom stereocenters. The molecule has 0 radical (unpaired) electrons. The number of fused-ring (bicyclic) bond motifs is 9. The van der Waals surface area contributed by atoms with Gasteiger partial charge in [0.15, 0.2) is 0 Å². The summed E-state index contributed by atoms with van der Waals surface area (Å²) >= 11 is 0. The normalized spacial score (nSPS) is 12.6. The van der Waals surface area contributed by atoms with E-state index in [1.165, 1.54) is 0 Å². The summed E-state index contributed by atoms with van der Waals surface area (Å²) in [5.74, 6) is 0. The molecule has 0 fully saturated rings. The molecule has 0 spiro atoms. The van der Waals surface area contributed by atoms with Crippen molar-refractivity contribution in [3.8, 4) is 33.4 Å². The van der Waals surface area contributed by atoms with Crippen LogP contribution in [0.15, 0.2) is 229 Å². The second kappa shape index (κ2) is 13.9. The van der Waals surface area contributed by atoms with Crippen molar-refractivity contribution in [3.05, 3.63) is 224 Å². The third-order valence-corrected chi connectivity index (χ3v) is 11.9. The molecule has 0 N–H and O–H groups in total. The number of para-hydroxylation sites is 1. The molecular weight excluding hydrogens is 727 g/mol. The molecule has 1 aromatic heterocycles. The Morgan fingerprint density at radius 3 is 1.58 bits per heavy atom. The lowest BCUT2D eigenvalue weighted by Crippen LogP contribution is -2.10. The molecule has 60 heavy (non-hydrogen) atoms. The Morgan fingerprint density at radius 1 is 0.350 bits per heavy atom. The summed E-state index contributed by atoms with van der Waals surface area (Å²) in [6.07, 6.45) is 0. The number of hydrogen-bond acceptors (Lipinski definition) is 2. The Balaban J connectivity index is 1.14. The molecule has 0 bridgehead atoms. The van der Waals surface area contributed by atoms with Crippen LogP contribution in [0.5, 0.6) is 0 Å². The lowest BCUT2D eigenvalue weighted by Gasteiger charge is -2.28. The van der Waals surface area contributed by atoms with Gasteiger partial charge in [-0.3, -0.25) is 0 Å².